The Morgan fingerprint density at radius 1 is 1.05 bits per heavy atom. The maximum atomic E-state index is 12.8. The van der Waals surface area contributed by atoms with Crippen LogP contribution >= 0.6 is 0 Å². The number of furan rings is 1. The smallest absolute Gasteiger partial charge is 0.418 e. The van der Waals surface area contributed by atoms with E-state index in [-0.39, 0.29) is 12.2 Å². The van der Waals surface area contributed by atoms with Crippen LogP contribution in [0.1, 0.15) is 24.0 Å². The minimum Gasteiger partial charge on any atom is -0.464 e. The first-order valence-electron chi connectivity index (χ1n) is 5.98. The van der Waals surface area contributed by atoms with Gasteiger partial charge in [0.15, 0.2) is 0 Å². The van der Waals surface area contributed by atoms with Gasteiger partial charge in [0.2, 0.25) is 0 Å². The Morgan fingerprint density at radius 2 is 1.74 bits per heavy atom. The number of hydrogen-bond acceptors (Lipinski definition) is 2. The van der Waals surface area contributed by atoms with E-state index in [4.69, 9.17) is 4.42 Å². The molecule has 1 heterocycles. The minimum absolute atomic E-state index is 0.0597. The van der Waals surface area contributed by atoms with E-state index in [0.29, 0.717) is 5.76 Å². The number of para-hydroxylation sites is 1. The molecule has 0 aliphatic rings. The number of aryl methyl sites for hydroxylation is 1. The molecule has 5 heteroatoms. The van der Waals surface area contributed by atoms with Crippen molar-refractivity contribution in [2.45, 2.75) is 26.1 Å². The van der Waals surface area contributed by atoms with Crippen LogP contribution in [0, 0.1) is 0 Å². The van der Waals surface area contributed by atoms with Gasteiger partial charge >= 0.3 is 6.18 Å². The van der Waals surface area contributed by atoms with E-state index in [2.05, 4.69) is 5.32 Å². The Bertz CT molecular complexity index is 546. The Morgan fingerprint density at radius 3 is 2.37 bits per heavy atom. The van der Waals surface area contributed by atoms with Crippen LogP contribution in [0.4, 0.5) is 18.9 Å². The molecule has 0 bridgehead atoms. The van der Waals surface area contributed by atoms with Gasteiger partial charge in [0.05, 0.1) is 12.1 Å². The van der Waals surface area contributed by atoms with Crippen molar-refractivity contribution in [3.05, 3.63) is 53.5 Å². The number of alkyl halides is 3. The zero-order valence-corrected chi connectivity index (χ0v) is 10.4. The molecule has 0 aliphatic heterocycles. The first-order valence-corrected chi connectivity index (χ1v) is 5.98. The van der Waals surface area contributed by atoms with Crippen LogP contribution < -0.4 is 5.32 Å². The molecule has 0 saturated heterocycles. The van der Waals surface area contributed by atoms with Crippen LogP contribution in [0.15, 0.2) is 40.8 Å². The van der Waals surface area contributed by atoms with Crippen molar-refractivity contribution >= 4 is 5.69 Å². The van der Waals surface area contributed by atoms with Gasteiger partial charge in [-0.3, -0.25) is 0 Å². The summed E-state index contributed by atoms with van der Waals surface area (Å²) < 4.78 is 43.7. The van der Waals surface area contributed by atoms with Crippen molar-refractivity contribution < 1.29 is 17.6 Å². The highest BCUT2D eigenvalue weighted by Gasteiger charge is 2.33. The quantitative estimate of drug-likeness (QED) is 0.885. The number of rotatable bonds is 4. The van der Waals surface area contributed by atoms with Gasteiger partial charge in [0, 0.05) is 12.1 Å². The highest BCUT2D eigenvalue weighted by atomic mass is 19.4. The van der Waals surface area contributed by atoms with Gasteiger partial charge < -0.3 is 9.73 Å². The van der Waals surface area contributed by atoms with E-state index >= 15 is 0 Å². The molecule has 0 unspecified atom stereocenters. The molecule has 0 radical (unpaired) electrons. The molecule has 19 heavy (non-hydrogen) atoms. The number of anilines is 1. The van der Waals surface area contributed by atoms with Crippen LogP contribution in [0.3, 0.4) is 0 Å². The molecule has 0 aliphatic carbocycles. The van der Waals surface area contributed by atoms with E-state index < -0.39 is 11.7 Å². The van der Waals surface area contributed by atoms with Crippen LogP contribution in [-0.2, 0) is 19.1 Å². The van der Waals surface area contributed by atoms with Gasteiger partial charge in [-0.05, 0) is 24.3 Å². The molecule has 0 saturated carbocycles. The standard InChI is InChI=1S/C14H14F3NO/c1-2-10-7-8-11(19-10)9-18-13-6-4-3-5-12(13)14(15,16)17/h3-8,18H,2,9H2,1H3. The second kappa shape index (κ2) is 5.38. The number of hydrogen-bond donors (Lipinski definition) is 1. The lowest BCUT2D eigenvalue weighted by Crippen LogP contribution is -2.10. The molecule has 2 nitrogen and oxygen atoms in total. The molecule has 0 atom stereocenters. The predicted molar refractivity (Wildman–Crippen MR) is 66.9 cm³/mol. The second-order valence-electron chi connectivity index (χ2n) is 4.12. The molecule has 2 rings (SSSR count). The number of halogens is 3. The van der Waals surface area contributed by atoms with Gasteiger partial charge in [-0.2, -0.15) is 13.2 Å². The fourth-order valence-corrected chi connectivity index (χ4v) is 1.77. The predicted octanol–water partition coefficient (Wildman–Crippen LogP) is 4.47. The van der Waals surface area contributed by atoms with Crippen molar-refractivity contribution in [3.8, 4) is 0 Å². The molecule has 0 amide bonds. The monoisotopic (exact) mass is 269 g/mol. The van der Waals surface area contributed by atoms with Crippen molar-refractivity contribution in [2.24, 2.45) is 0 Å². The lowest BCUT2D eigenvalue weighted by atomic mass is 10.1. The summed E-state index contributed by atoms with van der Waals surface area (Å²) in [7, 11) is 0. The third kappa shape index (κ3) is 3.30. The first-order chi connectivity index (χ1) is 9.00. The van der Waals surface area contributed by atoms with Gasteiger partial charge in [0.1, 0.15) is 11.5 Å². The minimum atomic E-state index is -4.36. The number of benzene rings is 1. The number of nitrogens with one attached hydrogen (secondary N) is 1. The van der Waals surface area contributed by atoms with Crippen molar-refractivity contribution in [1.82, 2.24) is 0 Å². The Balaban J connectivity index is 2.11. The molecule has 2 aromatic rings. The van der Waals surface area contributed by atoms with E-state index in [1.807, 2.05) is 13.0 Å². The van der Waals surface area contributed by atoms with Crippen molar-refractivity contribution in [2.75, 3.05) is 5.32 Å². The normalized spacial score (nSPS) is 11.6. The van der Waals surface area contributed by atoms with Gasteiger partial charge in [-0.15, -0.1) is 0 Å². The van der Waals surface area contributed by atoms with E-state index in [9.17, 15) is 13.2 Å². The molecule has 0 spiro atoms. The Labute approximate surface area is 109 Å². The zero-order chi connectivity index (χ0) is 13.9. The molecular weight excluding hydrogens is 255 g/mol. The average molecular weight is 269 g/mol. The third-order valence-corrected chi connectivity index (χ3v) is 2.75. The van der Waals surface area contributed by atoms with Crippen molar-refractivity contribution in [1.29, 1.82) is 0 Å². The summed E-state index contributed by atoms with van der Waals surface area (Å²) in [5, 5.41) is 2.76. The van der Waals surface area contributed by atoms with Crippen LogP contribution in [-0.4, -0.2) is 0 Å². The molecule has 1 aromatic heterocycles. The largest absolute Gasteiger partial charge is 0.464 e. The fourth-order valence-electron chi connectivity index (χ4n) is 1.77. The molecular formula is C14H14F3NO. The van der Waals surface area contributed by atoms with Gasteiger partial charge in [-0.25, -0.2) is 0 Å². The summed E-state index contributed by atoms with van der Waals surface area (Å²) in [6, 6.07) is 9.00. The lowest BCUT2D eigenvalue weighted by molar-refractivity contribution is -0.137. The molecule has 0 fully saturated rings. The van der Waals surface area contributed by atoms with E-state index in [1.165, 1.54) is 12.1 Å². The maximum Gasteiger partial charge on any atom is 0.418 e. The topological polar surface area (TPSA) is 25.2 Å². The lowest BCUT2D eigenvalue weighted by Gasteiger charge is -2.13. The first kappa shape index (κ1) is 13.5. The van der Waals surface area contributed by atoms with E-state index in [0.717, 1.165) is 18.2 Å². The molecule has 1 aromatic carbocycles. The van der Waals surface area contributed by atoms with Crippen LogP contribution in [0.2, 0.25) is 0 Å². The van der Waals surface area contributed by atoms with Gasteiger partial charge in [-0.1, -0.05) is 19.1 Å². The Hall–Kier alpha value is -1.91. The fraction of sp³-hybridized carbons (Fsp3) is 0.286. The summed E-state index contributed by atoms with van der Waals surface area (Å²) in [4.78, 5) is 0. The molecule has 102 valence electrons. The second-order valence-corrected chi connectivity index (χ2v) is 4.12. The summed E-state index contributed by atoms with van der Waals surface area (Å²) in [6.45, 7) is 2.18. The third-order valence-electron chi connectivity index (χ3n) is 2.75. The van der Waals surface area contributed by atoms with Crippen LogP contribution in [0.25, 0.3) is 0 Å². The van der Waals surface area contributed by atoms with Crippen LogP contribution in [0.5, 0.6) is 0 Å². The SMILES string of the molecule is CCc1ccc(CNc2ccccc2C(F)(F)F)o1. The summed E-state index contributed by atoms with van der Waals surface area (Å²) >= 11 is 0. The summed E-state index contributed by atoms with van der Waals surface area (Å²) in [5.41, 5.74) is -0.610. The highest BCUT2D eigenvalue weighted by Crippen LogP contribution is 2.34. The average Bonchev–Trinajstić information content (AvgIpc) is 2.83. The Kier molecular flexibility index (Phi) is 3.83. The molecule has 1 N–H and O–H groups in total. The maximum absolute atomic E-state index is 12.8. The summed E-state index contributed by atoms with van der Waals surface area (Å²) in [6.07, 6.45) is -3.60. The van der Waals surface area contributed by atoms with Crippen molar-refractivity contribution in [3.63, 3.8) is 0 Å². The zero-order valence-electron chi connectivity index (χ0n) is 10.4. The summed E-state index contributed by atoms with van der Waals surface area (Å²) in [5.74, 6) is 1.44. The highest BCUT2D eigenvalue weighted by molar-refractivity contribution is 5.52. The van der Waals surface area contributed by atoms with E-state index in [1.54, 1.807) is 12.1 Å². The van der Waals surface area contributed by atoms with Gasteiger partial charge in [0.25, 0.3) is 0 Å².